The lowest BCUT2D eigenvalue weighted by molar-refractivity contribution is -0.119. The molecule has 1 saturated heterocycles. The molecule has 0 spiro atoms. The predicted octanol–water partition coefficient (Wildman–Crippen LogP) is 4.56. The summed E-state index contributed by atoms with van der Waals surface area (Å²) in [7, 11) is 3.17. The van der Waals surface area contributed by atoms with Crippen molar-refractivity contribution in [1.82, 2.24) is 14.9 Å². The fourth-order valence-corrected chi connectivity index (χ4v) is 5.24. The molecule has 0 radical (unpaired) electrons. The van der Waals surface area contributed by atoms with E-state index in [0.29, 0.717) is 22.4 Å². The molecule has 1 aliphatic heterocycles. The van der Waals surface area contributed by atoms with Gasteiger partial charge < -0.3 is 29.6 Å². The molecule has 3 aromatic rings. The first-order valence-electron chi connectivity index (χ1n) is 11.6. The van der Waals surface area contributed by atoms with Crippen molar-refractivity contribution >= 4 is 46.2 Å². The standard InChI is InChI=1S/C26H30ClN5O3S/c1-16-13-19(17(2)31(16)11-12-34-3)25-24(22-7-5-6-10-28-22)30-26(36)32(25)18-8-9-21(20(27)14-18)29-23(33)15-35-4/h5-10,13-14,24-25H,11-12,15H2,1-4H3,(H,29,33)(H,30,36)/t24-,25-/m1/s1. The van der Waals surface area contributed by atoms with E-state index in [4.69, 9.17) is 33.3 Å². The van der Waals surface area contributed by atoms with Crippen LogP contribution in [0.2, 0.25) is 5.02 Å². The van der Waals surface area contributed by atoms with Crippen molar-refractivity contribution in [1.29, 1.82) is 0 Å². The number of rotatable bonds is 9. The highest BCUT2D eigenvalue weighted by atomic mass is 35.5. The van der Waals surface area contributed by atoms with Gasteiger partial charge in [-0.15, -0.1) is 0 Å². The number of anilines is 2. The predicted molar refractivity (Wildman–Crippen MR) is 146 cm³/mol. The zero-order chi connectivity index (χ0) is 25.8. The van der Waals surface area contributed by atoms with Crippen LogP contribution < -0.4 is 15.5 Å². The summed E-state index contributed by atoms with van der Waals surface area (Å²) >= 11 is 12.4. The van der Waals surface area contributed by atoms with Gasteiger partial charge in [0.1, 0.15) is 6.61 Å². The summed E-state index contributed by atoms with van der Waals surface area (Å²) in [5, 5.41) is 7.23. The van der Waals surface area contributed by atoms with E-state index in [0.717, 1.165) is 34.9 Å². The number of benzene rings is 1. The van der Waals surface area contributed by atoms with Crippen molar-refractivity contribution in [3.63, 3.8) is 0 Å². The summed E-state index contributed by atoms with van der Waals surface area (Å²) in [5.41, 5.74) is 5.64. The van der Waals surface area contributed by atoms with Crippen LogP contribution in [0.4, 0.5) is 11.4 Å². The van der Waals surface area contributed by atoms with Crippen LogP contribution in [0.3, 0.4) is 0 Å². The highest BCUT2D eigenvalue weighted by Gasteiger charge is 2.42. The Balaban J connectivity index is 1.77. The summed E-state index contributed by atoms with van der Waals surface area (Å²) in [6.07, 6.45) is 1.79. The van der Waals surface area contributed by atoms with Crippen molar-refractivity contribution in [3.8, 4) is 0 Å². The van der Waals surface area contributed by atoms with Crippen molar-refractivity contribution in [3.05, 3.63) is 76.3 Å². The number of methoxy groups -OCH3 is 2. The Bertz CT molecular complexity index is 1250. The number of pyridine rings is 1. The lowest BCUT2D eigenvalue weighted by atomic mass is 9.96. The van der Waals surface area contributed by atoms with Gasteiger partial charge in [0.05, 0.1) is 35.1 Å². The first-order chi connectivity index (χ1) is 17.3. The van der Waals surface area contributed by atoms with Crippen LogP contribution >= 0.6 is 23.8 Å². The minimum absolute atomic E-state index is 0.0509. The van der Waals surface area contributed by atoms with Crippen LogP contribution in [0.1, 0.15) is 34.7 Å². The van der Waals surface area contributed by atoms with Crippen LogP contribution in [-0.2, 0) is 20.8 Å². The summed E-state index contributed by atoms with van der Waals surface area (Å²) in [5.74, 6) is -0.276. The fourth-order valence-electron chi connectivity index (χ4n) is 4.68. The SMILES string of the molecule is COCCn1c(C)cc([C@@H]2[C@@H](c3ccccn3)NC(=S)N2c2ccc(NC(=O)COC)c(Cl)c2)c1C. The minimum Gasteiger partial charge on any atom is -0.383 e. The molecule has 1 fully saturated rings. The Morgan fingerprint density at radius 1 is 1.19 bits per heavy atom. The van der Waals surface area contributed by atoms with Crippen LogP contribution in [-0.4, -0.2) is 48.0 Å². The smallest absolute Gasteiger partial charge is 0.250 e. The van der Waals surface area contributed by atoms with Gasteiger partial charge in [-0.2, -0.15) is 0 Å². The Hall–Kier alpha value is -2.98. The molecule has 0 bridgehead atoms. The molecule has 0 saturated carbocycles. The van der Waals surface area contributed by atoms with Gasteiger partial charge in [0.2, 0.25) is 5.91 Å². The monoisotopic (exact) mass is 527 g/mol. The number of thiocarbonyl (C=S) groups is 1. The molecule has 0 unspecified atom stereocenters. The summed E-state index contributed by atoms with van der Waals surface area (Å²) in [6.45, 7) is 5.55. The summed E-state index contributed by atoms with van der Waals surface area (Å²) < 4.78 is 12.5. The van der Waals surface area contributed by atoms with Crippen molar-refractivity contribution in [2.45, 2.75) is 32.5 Å². The van der Waals surface area contributed by atoms with E-state index in [1.165, 1.54) is 7.11 Å². The van der Waals surface area contributed by atoms with E-state index in [2.05, 4.69) is 45.0 Å². The van der Waals surface area contributed by atoms with Gasteiger partial charge in [-0.1, -0.05) is 17.7 Å². The van der Waals surface area contributed by atoms with Gasteiger partial charge in [0.15, 0.2) is 5.11 Å². The van der Waals surface area contributed by atoms with Crippen LogP contribution in [0, 0.1) is 13.8 Å². The molecule has 1 aromatic carbocycles. The molecule has 2 aromatic heterocycles. The third-order valence-corrected chi connectivity index (χ3v) is 6.96. The molecule has 10 heteroatoms. The maximum absolute atomic E-state index is 12.0. The maximum Gasteiger partial charge on any atom is 0.250 e. The first-order valence-corrected chi connectivity index (χ1v) is 12.4. The Morgan fingerprint density at radius 2 is 2.00 bits per heavy atom. The average Bonchev–Trinajstić information content (AvgIpc) is 3.35. The molecule has 2 N–H and O–H groups in total. The van der Waals surface area contributed by atoms with Gasteiger partial charge in [0, 0.05) is 44.0 Å². The van der Waals surface area contributed by atoms with Gasteiger partial charge >= 0.3 is 0 Å². The van der Waals surface area contributed by atoms with E-state index in [1.54, 1.807) is 19.4 Å². The van der Waals surface area contributed by atoms with Crippen molar-refractivity contribution in [2.24, 2.45) is 0 Å². The number of hydrogen-bond donors (Lipinski definition) is 2. The number of amides is 1. The van der Waals surface area contributed by atoms with Gasteiger partial charge in [-0.05, 0) is 68.0 Å². The second-order valence-electron chi connectivity index (χ2n) is 8.61. The summed E-state index contributed by atoms with van der Waals surface area (Å²) in [4.78, 5) is 18.7. The molecule has 8 nitrogen and oxygen atoms in total. The molecule has 190 valence electrons. The number of nitrogens with one attached hydrogen (secondary N) is 2. The molecular formula is C26H30ClN5O3S. The Morgan fingerprint density at radius 3 is 2.67 bits per heavy atom. The molecule has 2 atom stereocenters. The zero-order valence-corrected chi connectivity index (χ0v) is 22.3. The van der Waals surface area contributed by atoms with Crippen molar-refractivity contribution in [2.75, 3.05) is 37.7 Å². The van der Waals surface area contributed by atoms with E-state index in [-0.39, 0.29) is 24.6 Å². The number of hydrogen-bond acceptors (Lipinski definition) is 5. The Labute approximate surface area is 221 Å². The number of carbonyl (C=O) groups excluding carboxylic acids is 1. The minimum atomic E-state index is -0.276. The largest absolute Gasteiger partial charge is 0.383 e. The molecule has 1 amide bonds. The summed E-state index contributed by atoms with van der Waals surface area (Å²) in [6, 6.07) is 13.2. The molecule has 4 rings (SSSR count). The molecule has 1 aliphatic rings. The average molecular weight is 528 g/mol. The lowest BCUT2D eigenvalue weighted by Crippen LogP contribution is -2.29. The fraction of sp³-hybridized carbons (Fsp3) is 0.346. The Kier molecular flexibility index (Phi) is 8.25. The highest BCUT2D eigenvalue weighted by molar-refractivity contribution is 7.80. The quantitative estimate of drug-likeness (QED) is 0.395. The normalized spacial score (nSPS) is 17.4. The number of halogens is 1. The van der Waals surface area contributed by atoms with E-state index in [9.17, 15) is 4.79 Å². The second kappa shape index (κ2) is 11.4. The number of aryl methyl sites for hydroxylation is 1. The van der Waals surface area contributed by atoms with E-state index < -0.39 is 0 Å². The van der Waals surface area contributed by atoms with Gasteiger partial charge in [0.25, 0.3) is 0 Å². The first kappa shape index (κ1) is 26.1. The van der Waals surface area contributed by atoms with Gasteiger partial charge in [-0.25, -0.2) is 0 Å². The molecule has 36 heavy (non-hydrogen) atoms. The second-order valence-corrected chi connectivity index (χ2v) is 9.41. The number of carbonyl (C=O) groups is 1. The van der Waals surface area contributed by atoms with Crippen molar-refractivity contribution < 1.29 is 14.3 Å². The van der Waals surface area contributed by atoms with Gasteiger partial charge in [-0.3, -0.25) is 9.78 Å². The molecule has 3 heterocycles. The van der Waals surface area contributed by atoms with E-state index in [1.807, 2.05) is 30.3 Å². The van der Waals surface area contributed by atoms with Crippen LogP contribution in [0.25, 0.3) is 0 Å². The maximum atomic E-state index is 12.0. The topological polar surface area (TPSA) is 80.7 Å². The lowest BCUT2D eigenvalue weighted by Gasteiger charge is -2.28. The van der Waals surface area contributed by atoms with Crippen LogP contribution in [0.15, 0.2) is 48.7 Å². The van der Waals surface area contributed by atoms with E-state index >= 15 is 0 Å². The third-order valence-electron chi connectivity index (χ3n) is 6.33. The molecule has 0 aliphatic carbocycles. The molecular weight excluding hydrogens is 498 g/mol. The highest BCUT2D eigenvalue weighted by Crippen LogP contribution is 2.44. The van der Waals surface area contributed by atoms with Crippen LogP contribution in [0.5, 0.6) is 0 Å². The number of aromatic nitrogens is 2. The zero-order valence-electron chi connectivity index (χ0n) is 20.7. The number of nitrogens with zero attached hydrogens (tertiary/aromatic N) is 3. The number of ether oxygens (including phenoxy) is 2. The third kappa shape index (κ3) is 5.24.